The molecule has 5 nitrogen and oxygen atoms in total. The number of aryl methyl sites for hydroxylation is 1. The van der Waals surface area contributed by atoms with Crippen molar-refractivity contribution in [2.75, 3.05) is 6.54 Å². The second-order valence-corrected chi connectivity index (χ2v) is 7.92. The molecular formula is C19H22Cl2N4O. The van der Waals surface area contributed by atoms with E-state index in [0.29, 0.717) is 16.5 Å². The number of amides is 1. The Kier molecular flexibility index (Phi) is 5.18. The molecule has 1 amide bonds. The molecule has 1 atom stereocenters. The largest absolute Gasteiger partial charge is 0.332 e. The molecule has 0 unspecified atom stereocenters. The number of fused-ring (bicyclic) bond motifs is 1. The first-order valence-corrected chi connectivity index (χ1v) is 10.0. The maximum absolute atomic E-state index is 12.9. The number of benzene rings is 1. The highest BCUT2D eigenvalue weighted by molar-refractivity contribution is 6.42. The van der Waals surface area contributed by atoms with Gasteiger partial charge in [-0.1, -0.05) is 35.7 Å². The molecule has 0 bridgehead atoms. The van der Waals surface area contributed by atoms with E-state index < -0.39 is 0 Å². The summed E-state index contributed by atoms with van der Waals surface area (Å²) in [6.07, 6.45) is 6.81. The molecular weight excluding hydrogens is 371 g/mol. The standard InChI is InChI=1S/C19H22Cl2N4O/c20-14-8-7-13(11-15(14)21)12-18(26)24-10-4-5-16(24)19-23-22-17-6-2-1-3-9-25(17)19/h7-8,11,16H,1-6,9-10,12H2/t16-/m1/s1. The van der Waals surface area contributed by atoms with E-state index >= 15 is 0 Å². The molecule has 0 saturated carbocycles. The number of carbonyl (C=O) groups is 1. The zero-order valence-electron chi connectivity index (χ0n) is 14.6. The van der Waals surface area contributed by atoms with Crippen LogP contribution in [0.25, 0.3) is 0 Å². The van der Waals surface area contributed by atoms with Crippen LogP contribution in [0.15, 0.2) is 18.2 Å². The van der Waals surface area contributed by atoms with E-state index in [2.05, 4.69) is 14.8 Å². The monoisotopic (exact) mass is 392 g/mol. The summed E-state index contributed by atoms with van der Waals surface area (Å²) in [6, 6.07) is 5.41. The fourth-order valence-electron chi connectivity index (χ4n) is 4.01. The van der Waals surface area contributed by atoms with Crippen LogP contribution in [0.2, 0.25) is 10.0 Å². The van der Waals surface area contributed by atoms with Crippen molar-refractivity contribution in [3.63, 3.8) is 0 Å². The predicted octanol–water partition coefficient (Wildman–Crippen LogP) is 4.22. The van der Waals surface area contributed by atoms with E-state index in [-0.39, 0.29) is 11.9 Å². The van der Waals surface area contributed by atoms with Crippen LogP contribution in [0.1, 0.15) is 55.4 Å². The Balaban J connectivity index is 1.54. The van der Waals surface area contributed by atoms with Gasteiger partial charge in [0.1, 0.15) is 5.82 Å². The highest BCUT2D eigenvalue weighted by Crippen LogP contribution is 2.33. The van der Waals surface area contributed by atoms with E-state index in [9.17, 15) is 4.79 Å². The van der Waals surface area contributed by atoms with Crippen molar-refractivity contribution in [3.05, 3.63) is 45.5 Å². The van der Waals surface area contributed by atoms with Crippen LogP contribution in [-0.2, 0) is 24.2 Å². The molecule has 0 aliphatic carbocycles. The zero-order chi connectivity index (χ0) is 18.1. The number of halogens is 2. The van der Waals surface area contributed by atoms with Gasteiger partial charge in [0.05, 0.1) is 22.5 Å². The highest BCUT2D eigenvalue weighted by Gasteiger charge is 2.34. The van der Waals surface area contributed by atoms with E-state index in [1.807, 2.05) is 11.0 Å². The van der Waals surface area contributed by atoms with Crippen molar-refractivity contribution in [2.45, 2.75) is 57.5 Å². The SMILES string of the molecule is O=C(Cc1ccc(Cl)c(Cl)c1)N1CCC[C@@H]1c1nnc2n1CCCCC2. The van der Waals surface area contributed by atoms with Crippen molar-refractivity contribution in [3.8, 4) is 0 Å². The summed E-state index contributed by atoms with van der Waals surface area (Å²) >= 11 is 12.1. The van der Waals surface area contributed by atoms with Crippen LogP contribution in [0.4, 0.5) is 0 Å². The summed E-state index contributed by atoms with van der Waals surface area (Å²) in [7, 11) is 0. The summed E-state index contributed by atoms with van der Waals surface area (Å²) in [5, 5.41) is 9.86. The van der Waals surface area contributed by atoms with Gasteiger partial charge in [-0.25, -0.2) is 0 Å². The third-order valence-electron chi connectivity index (χ3n) is 5.35. The van der Waals surface area contributed by atoms with Crippen molar-refractivity contribution < 1.29 is 4.79 Å². The van der Waals surface area contributed by atoms with Gasteiger partial charge in [-0.2, -0.15) is 0 Å². The van der Waals surface area contributed by atoms with Gasteiger partial charge in [-0.05, 0) is 43.4 Å². The van der Waals surface area contributed by atoms with Crippen molar-refractivity contribution in [2.24, 2.45) is 0 Å². The number of hydrogen-bond donors (Lipinski definition) is 0. The van der Waals surface area contributed by atoms with E-state index in [1.165, 1.54) is 12.8 Å². The minimum absolute atomic E-state index is 0.0321. The molecule has 0 N–H and O–H groups in total. The molecule has 1 saturated heterocycles. The van der Waals surface area contributed by atoms with Gasteiger partial charge < -0.3 is 9.47 Å². The maximum atomic E-state index is 12.9. The van der Waals surface area contributed by atoms with Crippen molar-refractivity contribution >= 4 is 29.1 Å². The molecule has 138 valence electrons. The molecule has 0 radical (unpaired) electrons. The van der Waals surface area contributed by atoms with Gasteiger partial charge in [-0.15, -0.1) is 10.2 Å². The third kappa shape index (κ3) is 3.47. The first-order valence-electron chi connectivity index (χ1n) is 9.29. The number of aromatic nitrogens is 3. The van der Waals surface area contributed by atoms with Gasteiger partial charge in [-0.3, -0.25) is 4.79 Å². The van der Waals surface area contributed by atoms with E-state index in [1.54, 1.807) is 12.1 Å². The average Bonchev–Trinajstić information content (AvgIpc) is 3.19. The van der Waals surface area contributed by atoms with Gasteiger partial charge in [0.2, 0.25) is 5.91 Å². The summed E-state index contributed by atoms with van der Waals surface area (Å²) in [5.74, 6) is 2.14. The molecule has 26 heavy (non-hydrogen) atoms. The minimum Gasteiger partial charge on any atom is -0.332 e. The lowest BCUT2D eigenvalue weighted by atomic mass is 10.1. The lowest BCUT2D eigenvalue weighted by molar-refractivity contribution is -0.131. The van der Waals surface area contributed by atoms with E-state index in [0.717, 1.165) is 56.0 Å². The number of likely N-dealkylation sites (tertiary alicyclic amines) is 1. The van der Waals surface area contributed by atoms with Crippen LogP contribution < -0.4 is 0 Å². The molecule has 2 aliphatic heterocycles. The Morgan fingerprint density at radius 1 is 1.08 bits per heavy atom. The molecule has 2 aromatic rings. The zero-order valence-corrected chi connectivity index (χ0v) is 16.1. The summed E-state index contributed by atoms with van der Waals surface area (Å²) in [4.78, 5) is 14.9. The number of hydrogen-bond acceptors (Lipinski definition) is 3. The van der Waals surface area contributed by atoms with Crippen LogP contribution in [0.5, 0.6) is 0 Å². The lowest BCUT2D eigenvalue weighted by Gasteiger charge is -2.25. The van der Waals surface area contributed by atoms with E-state index in [4.69, 9.17) is 23.2 Å². The second-order valence-electron chi connectivity index (χ2n) is 7.11. The molecule has 1 aromatic carbocycles. The summed E-state index contributed by atoms with van der Waals surface area (Å²) in [6.45, 7) is 1.73. The first-order chi connectivity index (χ1) is 12.6. The van der Waals surface area contributed by atoms with Gasteiger partial charge in [0.25, 0.3) is 0 Å². The smallest absolute Gasteiger partial charge is 0.227 e. The van der Waals surface area contributed by atoms with Crippen LogP contribution in [-0.4, -0.2) is 32.1 Å². The number of carbonyl (C=O) groups excluding carboxylic acids is 1. The van der Waals surface area contributed by atoms with Gasteiger partial charge in [0.15, 0.2) is 5.82 Å². The van der Waals surface area contributed by atoms with Gasteiger partial charge in [0, 0.05) is 19.5 Å². The molecule has 1 aromatic heterocycles. The van der Waals surface area contributed by atoms with Crippen LogP contribution >= 0.6 is 23.2 Å². The van der Waals surface area contributed by atoms with Crippen LogP contribution in [0, 0.1) is 0 Å². The molecule has 1 fully saturated rings. The Morgan fingerprint density at radius 2 is 1.96 bits per heavy atom. The third-order valence-corrected chi connectivity index (χ3v) is 6.09. The minimum atomic E-state index is 0.0321. The topological polar surface area (TPSA) is 51.0 Å². The normalized spacial score (nSPS) is 20.1. The van der Waals surface area contributed by atoms with Crippen molar-refractivity contribution in [1.82, 2.24) is 19.7 Å². The lowest BCUT2D eigenvalue weighted by Crippen LogP contribution is -2.33. The summed E-state index contributed by atoms with van der Waals surface area (Å²) in [5.41, 5.74) is 0.884. The summed E-state index contributed by atoms with van der Waals surface area (Å²) < 4.78 is 2.25. The Bertz CT molecular complexity index is 820. The number of nitrogens with zero attached hydrogens (tertiary/aromatic N) is 4. The fraction of sp³-hybridized carbons (Fsp3) is 0.526. The molecule has 0 spiro atoms. The fourth-order valence-corrected chi connectivity index (χ4v) is 4.33. The molecule has 2 aliphatic rings. The predicted molar refractivity (Wildman–Crippen MR) is 101 cm³/mol. The first kappa shape index (κ1) is 17.8. The van der Waals surface area contributed by atoms with Crippen molar-refractivity contribution in [1.29, 1.82) is 0 Å². The molecule has 3 heterocycles. The molecule has 4 rings (SSSR count). The second kappa shape index (κ2) is 7.57. The van der Waals surface area contributed by atoms with Gasteiger partial charge >= 0.3 is 0 Å². The quantitative estimate of drug-likeness (QED) is 0.785. The Hall–Kier alpha value is -1.59. The number of rotatable bonds is 3. The highest BCUT2D eigenvalue weighted by atomic mass is 35.5. The Labute approximate surface area is 163 Å². The Morgan fingerprint density at radius 3 is 2.81 bits per heavy atom. The maximum Gasteiger partial charge on any atom is 0.227 e. The van der Waals surface area contributed by atoms with Crippen LogP contribution in [0.3, 0.4) is 0 Å². The average molecular weight is 393 g/mol. The molecule has 7 heteroatoms.